The Morgan fingerprint density at radius 3 is 2.64 bits per heavy atom. The fraction of sp³-hybridized carbons (Fsp3) is 0.647. The minimum absolute atomic E-state index is 0.000532. The Morgan fingerprint density at radius 2 is 1.96 bits per heavy atom. The quantitative estimate of drug-likeness (QED) is 0.655. The van der Waals surface area contributed by atoms with Crippen molar-refractivity contribution in [3.05, 3.63) is 16.0 Å². The van der Waals surface area contributed by atoms with E-state index in [1.165, 1.54) is 11.6 Å². The van der Waals surface area contributed by atoms with Gasteiger partial charge in [0.1, 0.15) is 6.61 Å². The normalized spacial score (nSPS) is 21.8. The molecule has 3 heterocycles. The van der Waals surface area contributed by atoms with E-state index in [9.17, 15) is 14.4 Å². The summed E-state index contributed by atoms with van der Waals surface area (Å²) < 4.78 is 18.5. The first-order valence-electron chi connectivity index (χ1n) is 9.33. The van der Waals surface area contributed by atoms with Crippen LogP contribution in [-0.4, -0.2) is 56.0 Å². The molecule has 2 unspecified atom stereocenters. The van der Waals surface area contributed by atoms with Gasteiger partial charge in [-0.2, -0.15) is 9.78 Å². The Kier molecular flexibility index (Phi) is 4.84. The van der Waals surface area contributed by atoms with Crippen molar-refractivity contribution >= 4 is 23.0 Å². The standard InChI is InChI=1S/C17H21N5O6/c1-3-26-17(25)14-13-15(21(19-14)10-4-5-10)16(24)22(20-18-13)12-7-6-11(28-12)8-27-9(2)23/h10-12H,3-8H2,1-2H3. The summed E-state index contributed by atoms with van der Waals surface area (Å²) in [7, 11) is 0. The first-order valence-corrected chi connectivity index (χ1v) is 9.33. The number of carbonyl (C=O) groups is 2. The second-order valence-electron chi connectivity index (χ2n) is 6.87. The van der Waals surface area contributed by atoms with Crippen molar-refractivity contribution in [1.29, 1.82) is 0 Å². The van der Waals surface area contributed by atoms with Crippen LogP contribution in [-0.2, 0) is 19.0 Å². The molecule has 1 aliphatic carbocycles. The molecule has 2 aliphatic rings. The molecule has 2 aromatic rings. The van der Waals surface area contributed by atoms with Crippen LogP contribution in [0.3, 0.4) is 0 Å². The van der Waals surface area contributed by atoms with Crippen LogP contribution in [0.1, 0.15) is 62.3 Å². The molecule has 1 aliphatic heterocycles. The number of nitrogens with zero attached hydrogens (tertiary/aromatic N) is 5. The van der Waals surface area contributed by atoms with Crippen molar-refractivity contribution in [2.75, 3.05) is 13.2 Å². The van der Waals surface area contributed by atoms with Crippen LogP contribution >= 0.6 is 0 Å². The van der Waals surface area contributed by atoms with Gasteiger partial charge in [0.15, 0.2) is 23.0 Å². The van der Waals surface area contributed by atoms with Gasteiger partial charge in [0, 0.05) is 6.92 Å². The third-order valence-electron chi connectivity index (χ3n) is 4.73. The smallest absolute Gasteiger partial charge is 0.361 e. The van der Waals surface area contributed by atoms with Gasteiger partial charge in [0.25, 0.3) is 5.56 Å². The highest BCUT2D eigenvalue weighted by Gasteiger charge is 2.34. The van der Waals surface area contributed by atoms with E-state index in [1.807, 2.05) is 0 Å². The number of carbonyl (C=O) groups excluding carboxylic acids is 2. The zero-order valence-electron chi connectivity index (χ0n) is 15.7. The lowest BCUT2D eigenvalue weighted by molar-refractivity contribution is -0.145. The van der Waals surface area contributed by atoms with Gasteiger partial charge < -0.3 is 14.2 Å². The molecule has 2 fully saturated rings. The summed E-state index contributed by atoms with van der Waals surface area (Å²) in [5.41, 5.74) is -0.0488. The Bertz CT molecular complexity index is 978. The van der Waals surface area contributed by atoms with Crippen molar-refractivity contribution in [2.45, 2.75) is 57.9 Å². The number of esters is 2. The van der Waals surface area contributed by atoms with E-state index in [2.05, 4.69) is 15.4 Å². The number of fused-ring (bicyclic) bond motifs is 1. The molecule has 1 saturated carbocycles. The lowest BCUT2D eigenvalue weighted by Gasteiger charge is -2.14. The Morgan fingerprint density at radius 1 is 1.18 bits per heavy atom. The molecular weight excluding hydrogens is 370 g/mol. The van der Waals surface area contributed by atoms with Crippen LogP contribution in [0.4, 0.5) is 0 Å². The molecule has 0 N–H and O–H groups in total. The lowest BCUT2D eigenvalue weighted by atomic mass is 10.2. The fourth-order valence-electron chi connectivity index (χ4n) is 3.27. The van der Waals surface area contributed by atoms with Gasteiger partial charge >= 0.3 is 11.9 Å². The molecule has 4 rings (SSSR count). The topological polar surface area (TPSA) is 127 Å². The molecule has 1 saturated heterocycles. The van der Waals surface area contributed by atoms with Crippen LogP contribution in [0, 0.1) is 0 Å². The minimum Gasteiger partial charge on any atom is -0.463 e. The Hall–Kier alpha value is -2.82. The highest BCUT2D eigenvalue weighted by atomic mass is 16.6. The average molecular weight is 391 g/mol. The average Bonchev–Trinajstić information content (AvgIpc) is 3.26. The molecule has 0 spiro atoms. The number of hydrogen-bond donors (Lipinski definition) is 0. The molecule has 0 radical (unpaired) electrons. The van der Waals surface area contributed by atoms with E-state index < -0.39 is 17.8 Å². The van der Waals surface area contributed by atoms with Crippen LogP contribution in [0.2, 0.25) is 0 Å². The Labute approximate surface area is 159 Å². The summed E-state index contributed by atoms with van der Waals surface area (Å²) in [6.45, 7) is 3.35. The highest BCUT2D eigenvalue weighted by Crippen LogP contribution is 2.36. The van der Waals surface area contributed by atoms with Crippen LogP contribution < -0.4 is 5.56 Å². The molecule has 0 aromatic carbocycles. The van der Waals surface area contributed by atoms with Gasteiger partial charge in [-0.15, -0.1) is 5.10 Å². The highest BCUT2D eigenvalue weighted by molar-refractivity contribution is 5.99. The molecule has 11 nitrogen and oxygen atoms in total. The fourth-order valence-corrected chi connectivity index (χ4v) is 3.27. The van der Waals surface area contributed by atoms with Gasteiger partial charge in [0.2, 0.25) is 0 Å². The van der Waals surface area contributed by atoms with Gasteiger partial charge in [-0.05, 0) is 32.6 Å². The van der Waals surface area contributed by atoms with E-state index >= 15 is 0 Å². The predicted octanol–water partition coefficient (Wildman–Crippen LogP) is 0.740. The van der Waals surface area contributed by atoms with Crippen molar-refractivity contribution in [2.24, 2.45) is 0 Å². The first-order chi connectivity index (χ1) is 13.5. The summed E-state index contributed by atoms with van der Waals surface area (Å²) in [5.74, 6) is -1.01. The molecule has 28 heavy (non-hydrogen) atoms. The van der Waals surface area contributed by atoms with E-state index in [-0.39, 0.29) is 48.1 Å². The molecule has 2 atom stereocenters. The number of ether oxygens (including phenoxy) is 3. The summed E-state index contributed by atoms with van der Waals surface area (Å²) in [5, 5.41) is 12.3. The van der Waals surface area contributed by atoms with Gasteiger partial charge in [-0.3, -0.25) is 14.3 Å². The molecule has 2 aromatic heterocycles. The summed E-state index contributed by atoms with van der Waals surface area (Å²) in [4.78, 5) is 36.3. The minimum atomic E-state index is -0.628. The zero-order valence-corrected chi connectivity index (χ0v) is 15.7. The van der Waals surface area contributed by atoms with E-state index in [0.717, 1.165) is 12.8 Å². The van der Waals surface area contributed by atoms with E-state index in [0.29, 0.717) is 12.8 Å². The van der Waals surface area contributed by atoms with E-state index in [4.69, 9.17) is 14.2 Å². The molecule has 0 bridgehead atoms. The van der Waals surface area contributed by atoms with Crippen molar-refractivity contribution < 1.29 is 23.8 Å². The summed E-state index contributed by atoms with van der Waals surface area (Å²) in [6.07, 6.45) is 2.01. The maximum Gasteiger partial charge on any atom is 0.361 e. The van der Waals surface area contributed by atoms with Crippen LogP contribution in [0.5, 0.6) is 0 Å². The van der Waals surface area contributed by atoms with Crippen molar-refractivity contribution in [1.82, 2.24) is 24.8 Å². The van der Waals surface area contributed by atoms with E-state index in [1.54, 1.807) is 11.6 Å². The van der Waals surface area contributed by atoms with Gasteiger partial charge in [-0.25, -0.2) is 4.79 Å². The Balaban J connectivity index is 1.67. The van der Waals surface area contributed by atoms with Crippen LogP contribution in [0.25, 0.3) is 11.0 Å². The maximum absolute atomic E-state index is 13.1. The summed E-state index contributed by atoms with van der Waals surface area (Å²) in [6, 6.07) is 0.0669. The molecule has 11 heteroatoms. The second-order valence-corrected chi connectivity index (χ2v) is 6.87. The molecule has 150 valence electrons. The monoisotopic (exact) mass is 391 g/mol. The largest absolute Gasteiger partial charge is 0.463 e. The zero-order chi connectivity index (χ0) is 19.8. The van der Waals surface area contributed by atoms with Crippen molar-refractivity contribution in [3.8, 4) is 0 Å². The first kappa shape index (κ1) is 18.5. The number of hydrogen-bond acceptors (Lipinski definition) is 9. The third kappa shape index (κ3) is 3.37. The second kappa shape index (κ2) is 7.30. The van der Waals surface area contributed by atoms with Crippen molar-refractivity contribution in [3.63, 3.8) is 0 Å². The lowest BCUT2D eigenvalue weighted by Crippen LogP contribution is -2.30. The number of rotatable bonds is 6. The molecular formula is C17H21N5O6. The van der Waals surface area contributed by atoms with Gasteiger partial charge in [-0.1, -0.05) is 5.21 Å². The molecule has 0 amide bonds. The predicted molar refractivity (Wildman–Crippen MR) is 93.6 cm³/mol. The summed E-state index contributed by atoms with van der Waals surface area (Å²) >= 11 is 0. The van der Waals surface area contributed by atoms with Gasteiger partial charge in [0.05, 0.1) is 18.8 Å². The maximum atomic E-state index is 13.1. The number of aromatic nitrogens is 5. The third-order valence-corrected chi connectivity index (χ3v) is 4.73. The SMILES string of the molecule is CCOC(=O)c1nn(C2CC2)c2c(=O)n(C3CCC(COC(C)=O)O3)nnc12. The van der Waals surface area contributed by atoms with Crippen LogP contribution in [0.15, 0.2) is 4.79 Å².